The number of sulfonamides is 1. The van der Waals surface area contributed by atoms with Crippen molar-refractivity contribution in [2.24, 2.45) is 0 Å². The minimum Gasteiger partial charge on any atom is -0.265 e. The molecular weight excluding hydrogens is 330 g/mol. The van der Waals surface area contributed by atoms with Crippen molar-refractivity contribution >= 4 is 21.4 Å². The Bertz CT molecular complexity index is 915. The molecular formula is C14H10F2N2O4S. The third kappa shape index (κ3) is 2.52. The molecule has 2 aromatic carbocycles. The van der Waals surface area contributed by atoms with E-state index in [4.69, 9.17) is 0 Å². The molecule has 0 fully saturated rings. The Labute approximate surface area is 130 Å². The molecule has 0 spiro atoms. The number of rotatable bonds is 3. The molecule has 0 atom stereocenters. The molecule has 0 saturated heterocycles. The first-order valence-corrected chi connectivity index (χ1v) is 8.00. The molecule has 120 valence electrons. The minimum atomic E-state index is -4.35. The summed E-state index contributed by atoms with van der Waals surface area (Å²) < 4.78 is 53.2. The number of fused-ring (bicyclic) bond motifs is 1. The summed E-state index contributed by atoms with van der Waals surface area (Å²) in [5.74, 6) is -1.96. The molecule has 0 bridgehead atoms. The number of halogens is 2. The number of nitro groups is 1. The standard InChI is InChI=1S/C14H10F2N2O4S/c15-10-2-4-12(16)14(7-10)23(21,22)17-6-5-9-1-3-11(18(19)20)8-13(9)17/h1-4,7-8H,5-6H2. The number of benzene rings is 2. The molecule has 9 heteroatoms. The van der Waals surface area contributed by atoms with Gasteiger partial charge in [0.1, 0.15) is 16.5 Å². The highest BCUT2D eigenvalue weighted by atomic mass is 32.2. The van der Waals surface area contributed by atoms with Crippen molar-refractivity contribution in [3.63, 3.8) is 0 Å². The highest BCUT2D eigenvalue weighted by Crippen LogP contribution is 2.36. The van der Waals surface area contributed by atoms with Gasteiger partial charge in [-0.2, -0.15) is 0 Å². The zero-order valence-corrected chi connectivity index (χ0v) is 12.4. The number of nitrogens with zero attached hydrogens (tertiary/aromatic N) is 2. The smallest absolute Gasteiger partial charge is 0.265 e. The fourth-order valence-corrected chi connectivity index (χ4v) is 4.07. The van der Waals surface area contributed by atoms with Crippen molar-refractivity contribution < 1.29 is 22.1 Å². The molecule has 0 N–H and O–H groups in total. The van der Waals surface area contributed by atoms with E-state index in [1.165, 1.54) is 12.1 Å². The van der Waals surface area contributed by atoms with Gasteiger partial charge >= 0.3 is 0 Å². The van der Waals surface area contributed by atoms with E-state index in [0.717, 1.165) is 22.5 Å². The lowest BCUT2D eigenvalue weighted by atomic mass is 10.1. The summed E-state index contributed by atoms with van der Waals surface area (Å²) >= 11 is 0. The van der Waals surface area contributed by atoms with E-state index in [0.29, 0.717) is 18.1 Å². The second-order valence-electron chi connectivity index (χ2n) is 4.97. The van der Waals surface area contributed by atoms with Gasteiger partial charge in [0, 0.05) is 18.7 Å². The predicted octanol–water partition coefficient (Wildman–Crippen LogP) is 2.62. The maximum Gasteiger partial charge on any atom is 0.271 e. The maximum absolute atomic E-state index is 13.8. The molecule has 0 aliphatic carbocycles. The van der Waals surface area contributed by atoms with E-state index in [1.54, 1.807) is 0 Å². The fraction of sp³-hybridized carbons (Fsp3) is 0.143. The average molecular weight is 340 g/mol. The summed E-state index contributed by atoms with van der Waals surface area (Å²) in [4.78, 5) is 9.41. The van der Waals surface area contributed by atoms with Crippen molar-refractivity contribution in [3.8, 4) is 0 Å². The second-order valence-corrected chi connectivity index (χ2v) is 6.80. The van der Waals surface area contributed by atoms with Crippen LogP contribution in [0.4, 0.5) is 20.2 Å². The topological polar surface area (TPSA) is 80.5 Å². The third-order valence-corrected chi connectivity index (χ3v) is 5.42. The summed E-state index contributed by atoms with van der Waals surface area (Å²) in [6.45, 7) is 0.00872. The van der Waals surface area contributed by atoms with Gasteiger partial charge < -0.3 is 0 Å². The van der Waals surface area contributed by atoms with E-state index in [1.807, 2.05) is 0 Å². The van der Waals surface area contributed by atoms with Gasteiger partial charge in [-0.1, -0.05) is 6.07 Å². The molecule has 0 amide bonds. The van der Waals surface area contributed by atoms with E-state index in [-0.39, 0.29) is 17.9 Å². The number of nitro benzene ring substituents is 1. The summed E-state index contributed by atoms with van der Waals surface area (Å²) in [5.41, 5.74) is 0.435. The van der Waals surface area contributed by atoms with Crippen LogP contribution in [0.1, 0.15) is 5.56 Å². The first kappa shape index (κ1) is 15.3. The Morgan fingerprint density at radius 1 is 1.13 bits per heavy atom. The molecule has 1 heterocycles. The number of hydrogen-bond acceptors (Lipinski definition) is 4. The van der Waals surface area contributed by atoms with Gasteiger partial charge in [0.15, 0.2) is 0 Å². The van der Waals surface area contributed by atoms with E-state index in [9.17, 15) is 27.3 Å². The zero-order chi connectivity index (χ0) is 16.8. The van der Waals surface area contributed by atoms with Crippen LogP contribution in [0.3, 0.4) is 0 Å². The summed E-state index contributed by atoms with van der Waals surface area (Å²) in [7, 11) is -4.35. The fourth-order valence-electron chi connectivity index (χ4n) is 2.50. The van der Waals surface area contributed by atoms with Gasteiger partial charge in [0.2, 0.25) is 0 Å². The molecule has 1 aliphatic rings. The lowest BCUT2D eigenvalue weighted by molar-refractivity contribution is -0.384. The molecule has 1 aliphatic heterocycles. The van der Waals surface area contributed by atoms with Crippen LogP contribution >= 0.6 is 0 Å². The number of hydrogen-bond donors (Lipinski definition) is 0. The Balaban J connectivity index is 2.13. The van der Waals surface area contributed by atoms with E-state index >= 15 is 0 Å². The predicted molar refractivity (Wildman–Crippen MR) is 77.7 cm³/mol. The molecule has 0 unspecified atom stereocenters. The highest BCUT2D eigenvalue weighted by molar-refractivity contribution is 7.92. The molecule has 0 aromatic heterocycles. The molecule has 3 rings (SSSR count). The Morgan fingerprint density at radius 3 is 2.57 bits per heavy atom. The van der Waals surface area contributed by atoms with Crippen molar-refractivity contribution in [2.45, 2.75) is 11.3 Å². The van der Waals surface area contributed by atoms with Crippen LogP contribution in [0.15, 0.2) is 41.3 Å². The molecule has 0 radical (unpaired) electrons. The van der Waals surface area contributed by atoms with Crippen LogP contribution in [0.5, 0.6) is 0 Å². The van der Waals surface area contributed by atoms with Gasteiger partial charge in [-0.05, 0) is 30.2 Å². The van der Waals surface area contributed by atoms with Gasteiger partial charge in [0.05, 0.1) is 10.6 Å². The van der Waals surface area contributed by atoms with E-state index in [2.05, 4.69) is 0 Å². The van der Waals surface area contributed by atoms with Gasteiger partial charge in [-0.3, -0.25) is 14.4 Å². The van der Waals surface area contributed by atoms with Crippen molar-refractivity contribution in [1.82, 2.24) is 0 Å². The van der Waals surface area contributed by atoms with Crippen LogP contribution in [-0.2, 0) is 16.4 Å². The van der Waals surface area contributed by atoms with Crippen LogP contribution in [0.2, 0.25) is 0 Å². The quantitative estimate of drug-likeness (QED) is 0.635. The lowest BCUT2D eigenvalue weighted by Crippen LogP contribution is -2.30. The second kappa shape index (κ2) is 5.27. The van der Waals surface area contributed by atoms with Crippen molar-refractivity contribution in [1.29, 1.82) is 0 Å². The van der Waals surface area contributed by atoms with E-state index < -0.39 is 31.5 Å². The van der Waals surface area contributed by atoms with Crippen molar-refractivity contribution in [3.05, 3.63) is 63.7 Å². The zero-order valence-electron chi connectivity index (χ0n) is 11.6. The third-order valence-electron chi connectivity index (χ3n) is 3.59. The molecule has 0 saturated carbocycles. The first-order valence-electron chi connectivity index (χ1n) is 6.56. The number of non-ortho nitro benzene ring substituents is 1. The highest BCUT2D eigenvalue weighted by Gasteiger charge is 2.34. The van der Waals surface area contributed by atoms with Crippen LogP contribution < -0.4 is 4.31 Å². The van der Waals surface area contributed by atoms with Crippen molar-refractivity contribution in [2.75, 3.05) is 10.8 Å². The van der Waals surface area contributed by atoms with Crippen LogP contribution in [0, 0.1) is 21.7 Å². The normalized spacial score (nSPS) is 13.9. The first-order chi connectivity index (χ1) is 10.8. The van der Waals surface area contributed by atoms with Gasteiger partial charge in [-0.25, -0.2) is 17.2 Å². The van der Waals surface area contributed by atoms with Crippen LogP contribution in [-0.4, -0.2) is 19.9 Å². The minimum absolute atomic E-state index is 0.00872. The molecule has 23 heavy (non-hydrogen) atoms. The Morgan fingerprint density at radius 2 is 1.87 bits per heavy atom. The monoisotopic (exact) mass is 340 g/mol. The number of anilines is 1. The molecule has 2 aromatic rings. The summed E-state index contributed by atoms with van der Waals surface area (Å²) in [5, 5.41) is 10.9. The SMILES string of the molecule is O=[N+]([O-])c1ccc2c(c1)N(S(=O)(=O)c1cc(F)ccc1F)CC2. The summed E-state index contributed by atoms with van der Waals surface area (Å²) in [6.07, 6.45) is 0.337. The van der Waals surface area contributed by atoms with Crippen LogP contribution in [0.25, 0.3) is 0 Å². The van der Waals surface area contributed by atoms with Gasteiger partial charge in [-0.15, -0.1) is 0 Å². The summed E-state index contributed by atoms with van der Waals surface area (Å²) in [6, 6.07) is 6.00. The Kier molecular flexibility index (Phi) is 3.52. The lowest BCUT2D eigenvalue weighted by Gasteiger charge is -2.19. The Hall–Kier alpha value is -2.55. The maximum atomic E-state index is 13.8. The van der Waals surface area contributed by atoms with Gasteiger partial charge in [0.25, 0.3) is 15.7 Å². The average Bonchev–Trinajstić information content (AvgIpc) is 2.93. The largest absolute Gasteiger partial charge is 0.271 e. The molecule has 6 nitrogen and oxygen atoms in total.